The number of aromatic hydroxyl groups is 1. The Labute approximate surface area is 63.5 Å². The number of ether oxygens (including phenoxy) is 1. The van der Waals surface area contributed by atoms with Crippen LogP contribution in [0.1, 0.15) is 5.69 Å². The summed E-state index contributed by atoms with van der Waals surface area (Å²) in [6.45, 7) is 0.324. The largest absolute Gasteiger partial charge is 0.506 e. The van der Waals surface area contributed by atoms with Crippen molar-refractivity contribution in [1.82, 2.24) is 4.98 Å². The first-order chi connectivity index (χ1) is 5.34. The van der Waals surface area contributed by atoms with Crippen molar-refractivity contribution in [1.29, 1.82) is 0 Å². The van der Waals surface area contributed by atoms with Gasteiger partial charge in [0.2, 0.25) is 0 Å². The van der Waals surface area contributed by atoms with Gasteiger partial charge in [-0.15, -0.1) is 0 Å². The minimum atomic E-state index is 0.0101. The van der Waals surface area contributed by atoms with Crippen LogP contribution in [-0.4, -0.2) is 16.6 Å². The second-order valence-electron chi connectivity index (χ2n) is 1.88. The highest BCUT2D eigenvalue weighted by molar-refractivity contribution is 5.37. The summed E-state index contributed by atoms with van der Waals surface area (Å²) in [7, 11) is 0. The first-order valence-electron chi connectivity index (χ1n) is 3.02. The van der Waals surface area contributed by atoms with Gasteiger partial charge in [0.15, 0.2) is 0 Å². The molecule has 58 valence electrons. The second kappa shape index (κ2) is 3.55. The van der Waals surface area contributed by atoms with Crippen LogP contribution in [0.4, 0.5) is 0 Å². The molecule has 0 aliphatic rings. The molecule has 0 saturated heterocycles. The summed E-state index contributed by atoms with van der Waals surface area (Å²) in [4.78, 5) is 13.5. The van der Waals surface area contributed by atoms with Gasteiger partial charge >= 0.3 is 0 Å². The Morgan fingerprint density at radius 3 is 3.18 bits per heavy atom. The summed E-state index contributed by atoms with van der Waals surface area (Å²) in [5.41, 5.74) is 0.361. The number of aromatic nitrogens is 1. The third-order valence-corrected chi connectivity index (χ3v) is 1.15. The third kappa shape index (κ3) is 1.93. The number of carbonyl (C=O) groups excluding carboxylic acids is 1. The monoisotopic (exact) mass is 153 g/mol. The number of nitrogens with zero attached hydrogens (tertiary/aromatic N) is 1. The van der Waals surface area contributed by atoms with Gasteiger partial charge in [-0.3, -0.25) is 9.78 Å². The van der Waals surface area contributed by atoms with E-state index < -0.39 is 0 Å². The Balaban J connectivity index is 2.69. The minimum Gasteiger partial charge on any atom is -0.506 e. The molecule has 0 aliphatic heterocycles. The average molecular weight is 153 g/mol. The Morgan fingerprint density at radius 1 is 1.73 bits per heavy atom. The fraction of sp³-hybridized carbons (Fsp3) is 0.143. The maximum Gasteiger partial charge on any atom is 0.293 e. The maximum atomic E-state index is 9.76. The van der Waals surface area contributed by atoms with Gasteiger partial charge in [-0.25, -0.2) is 0 Å². The zero-order chi connectivity index (χ0) is 8.10. The molecule has 4 heteroatoms. The molecule has 4 nitrogen and oxygen atoms in total. The number of hydrogen-bond acceptors (Lipinski definition) is 4. The summed E-state index contributed by atoms with van der Waals surface area (Å²) >= 11 is 0. The van der Waals surface area contributed by atoms with Crippen LogP contribution in [0.15, 0.2) is 18.3 Å². The lowest BCUT2D eigenvalue weighted by atomic mass is 10.3. The van der Waals surface area contributed by atoms with Crippen LogP contribution in [0.25, 0.3) is 0 Å². The molecule has 0 spiro atoms. The van der Waals surface area contributed by atoms with Crippen LogP contribution in [0.2, 0.25) is 0 Å². The van der Waals surface area contributed by atoms with Crippen LogP contribution in [-0.2, 0) is 16.1 Å². The van der Waals surface area contributed by atoms with E-state index in [2.05, 4.69) is 9.72 Å². The lowest BCUT2D eigenvalue weighted by Gasteiger charge is -1.99. The molecule has 1 N–H and O–H groups in total. The lowest BCUT2D eigenvalue weighted by molar-refractivity contribution is -0.129. The first kappa shape index (κ1) is 7.53. The Kier molecular flexibility index (Phi) is 2.43. The summed E-state index contributed by atoms with van der Waals surface area (Å²) in [5, 5.41) is 9.08. The van der Waals surface area contributed by atoms with E-state index in [9.17, 15) is 4.79 Å². The molecule has 1 aromatic rings. The Hall–Kier alpha value is -1.58. The van der Waals surface area contributed by atoms with Crippen LogP contribution in [0.5, 0.6) is 5.75 Å². The predicted molar refractivity (Wildman–Crippen MR) is 36.8 cm³/mol. The van der Waals surface area contributed by atoms with Crippen LogP contribution >= 0.6 is 0 Å². The van der Waals surface area contributed by atoms with E-state index in [0.717, 1.165) is 0 Å². The van der Waals surface area contributed by atoms with Crippen molar-refractivity contribution in [2.75, 3.05) is 0 Å². The third-order valence-electron chi connectivity index (χ3n) is 1.15. The van der Waals surface area contributed by atoms with Crippen LogP contribution in [0.3, 0.4) is 0 Å². The van der Waals surface area contributed by atoms with Crippen molar-refractivity contribution < 1.29 is 14.6 Å². The fourth-order valence-electron chi connectivity index (χ4n) is 0.654. The Bertz CT molecular complexity index is 249. The molecule has 0 saturated carbocycles. The normalized spacial score (nSPS) is 9.09. The standard InChI is InChI=1S/C7H7NO3/c9-5-11-4-6-7(10)2-1-3-8-6/h1-3,5,10H,4H2. The van der Waals surface area contributed by atoms with Crippen LogP contribution < -0.4 is 0 Å². The van der Waals surface area contributed by atoms with Crippen LogP contribution in [0, 0.1) is 0 Å². The number of carbonyl (C=O) groups is 1. The molecule has 0 amide bonds. The number of hydrogen-bond donors (Lipinski definition) is 1. The smallest absolute Gasteiger partial charge is 0.293 e. The first-order valence-corrected chi connectivity index (χ1v) is 3.02. The van der Waals surface area contributed by atoms with Gasteiger partial charge < -0.3 is 9.84 Å². The summed E-state index contributed by atoms with van der Waals surface area (Å²) in [6, 6.07) is 3.08. The zero-order valence-corrected chi connectivity index (χ0v) is 5.73. The molecule has 1 rings (SSSR count). The number of rotatable bonds is 3. The highest BCUT2D eigenvalue weighted by Crippen LogP contribution is 2.12. The van der Waals surface area contributed by atoms with Gasteiger partial charge in [0, 0.05) is 6.20 Å². The molecule has 0 radical (unpaired) electrons. The van der Waals surface area contributed by atoms with Crippen molar-refractivity contribution in [2.24, 2.45) is 0 Å². The molecule has 0 aromatic carbocycles. The maximum absolute atomic E-state index is 9.76. The molecule has 0 atom stereocenters. The molecule has 0 unspecified atom stereocenters. The van der Waals surface area contributed by atoms with Gasteiger partial charge in [0.05, 0.1) is 0 Å². The van der Waals surface area contributed by atoms with Gasteiger partial charge in [-0.1, -0.05) is 0 Å². The zero-order valence-electron chi connectivity index (χ0n) is 5.73. The van der Waals surface area contributed by atoms with E-state index in [0.29, 0.717) is 12.2 Å². The van der Waals surface area contributed by atoms with E-state index in [-0.39, 0.29) is 12.4 Å². The van der Waals surface area contributed by atoms with Crippen molar-refractivity contribution in [3.63, 3.8) is 0 Å². The molecular weight excluding hydrogens is 146 g/mol. The van der Waals surface area contributed by atoms with Gasteiger partial charge in [-0.05, 0) is 12.1 Å². The van der Waals surface area contributed by atoms with Crippen molar-refractivity contribution in [2.45, 2.75) is 6.61 Å². The predicted octanol–water partition coefficient (Wildman–Crippen LogP) is 0.460. The quantitative estimate of drug-likeness (QED) is 0.641. The van der Waals surface area contributed by atoms with E-state index in [4.69, 9.17) is 5.11 Å². The average Bonchev–Trinajstić information content (AvgIpc) is 2.03. The molecule has 11 heavy (non-hydrogen) atoms. The highest BCUT2D eigenvalue weighted by Gasteiger charge is 1.99. The minimum absolute atomic E-state index is 0.0101. The molecule has 1 heterocycles. The SMILES string of the molecule is O=COCc1ncccc1O. The summed E-state index contributed by atoms with van der Waals surface area (Å²) in [6.07, 6.45) is 1.52. The van der Waals surface area contributed by atoms with Crippen molar-refractivity contribution in [3.05, 3.63) is 24.0 Å². The molecular formula is C7H7NO3. The fourth-order valence-corrected chi connectivity index (χ4v) is 0.654. The second-order valence-corrected chi connectivity index (χ2v) is 1.88. The highest BCUT2D eigenvalue weighted by atomic mass is 16.5. The van der Waals surface area contributed by atoms with E-state index in [1.807, 2.05) is 0 Å². The Morgan fingerprint density at radius 2 is 2.55 bits per heavy atom. The number of pyridine rings is 1. The topological polar surface area (TPSA) is 59.4 Å². The summed E-state index contributed by atoms with van der Waals surface area (Å²) < 4.78 is 4.40. The van der Waals surface area contributed by atoms with Crippen molar-refractivity contribution in [3.8, 4) is 5.75 Å². The van der Waals surface area contributed by atoms with Gasteiger partial charge in [-0.2, -0.15) is 0 Å². The molecule has 1 aromatic heterocycles. The van der Waals surface area contributed by atoms with E-state index in [1.165, 1.54) is 12.3 Å². The van der Waals surface area contributed by atoms with Gasteiger partial charge in [0.25, 0.3) is 6.47 Å². The lowest BCUT2D eigenvalue weighted by Crippen LogP contribution is -1.93. The van der Waals surface area contributed by atoms with Gasteiger partial charge in [0.1, 0.15) is 18.1 Å². The molecule has 0 fully saturated rings. The van der Waals surface area contributed by atoms with Crippen molar-refractivity contribution >= 4 is 6.47 Å². The molecule has 0 aliphatic carbocycles. The summed E-state index contributed by atoms with van der Waals surface area (Å²) in [5.74, 6) is 0.0364. The van der Waals surface area contributed by atoms with E-state index >= 15 is 0 Å². The molecule has 0 bridgehead atoms. The van der Waals surface area contributed by atoms with E-state index in [1.54, 1.807) is 6.07 Å².